The van der Waals surface area contributed by atoms with Gasteiger partial charge in [-0.3, -0.25) is 4.90 Å². The number of hydrogen-bond donors (Lipinski definition) is 0. The molecule has 2 heterocycles. The number of benzene rings is 3. The minimum absolute atomic E-state index is 0.560. The van der Waals surface area contributed by atoms with E-state index >= 15 is 0 Å². The van der Waals surface area contributed by atoms with Crippen LogP contribution in [0.4, 0.5) is 5.69 Å². The maximum atomic E-state index is 4.50. The van der Waals surface area contributed by atoms with Gasteiger partial charge in [0.15, 0.2) is 0 Å². The van der Waals surface area contributed by atoms with E-state index in [2.05, 4.69) is 110 Å². The molecular weight excluding hydrogens is 404 g/mol. The molecule has 1 saturated heterocycles. The van der Waals surface area contributed by atoms with Crippen LogP contribution in [0.3, 0.4) is 0 Å². The van der Waals surface area contributed by atoms with Crippen LogP contribution in [0.25, 0.3) is 0 Å². The normalized spacial score (nSPS) is 14.6. The van der Waals surface area contributed by atoms with Gasteiger partial charge in [-0.25, -0.2) is 4.98 Å². The van der Waals surface area contributed by atoms with Crippen molar-refractivity contribution in [1.29, 1.82) is 0 Å². The zero-order valence-electron chi connectivity index (χ0n) is 19.1. The second-order valence-corrected chi connectivity index (χ2v) is 8.94. The number of nitrogens with zero attached hydrogens (tertiary/aromatic N) is 4. The summed E-state index contributed by atoms with van der Waals surface area (Å²) in [6.07, 6.45) is 6.37. The van der Waals surface area contributed by atoms with Crippen LogP contribution in [0.2, 0.25) is 0 Å². The van der Waals surface area contributed by atoms with Crippen molar-refractivity contribution in [3.8, 4) is 0 Å². The topological polar surface area (TPSA) is 24.3 Å². The molecule has 33 heavy (non-hydrogen) atoms. The zero-order chi connectivity index (χ0) is 22.3. The fourth-order valence-corrected chi connectivity index (χ4v) is 4.87. The fraction of sp³-hybridized carbons (Fsp3) is 0.276. The van der Waals surface area contributed by atoms with E-state index in [0.717, 1.165) is 32.7 Å². The minimum Gasteiger partial charge on any atom is -0.371 e. The summed E-state index contributed by atoms with van der Waals surface area (Å²) < 4.78 is 2.30. The van der Waals surface area contributed by atoms with Crippen LogP contribution in [0.1, 0.15) is 29.7 Å². The Kier molecular flexibility index (Phi) is 6.83. The van der Waals surface area contributed by atoms with Crippen molar-refractivity contribution in [2.75, 3.05) is 18.0 Å². The molecule has 0 N–H and O–H groups in total. The third kappa shape index (κ3) is 5.52. The lowest BCUT2D eigenvalue weighted by Gasteiger charge is -2.39. The van der Waals surface area contributed by atoms with Crippen LogP contribution in [0.15, 0.2) is 104 Å². The molecule has 0 saturated carbocycles. The Morgan fingerprint density at radius 1 is 0.727 bits per heavy atom. The molecule has 5 rings (SSSR count). The van der Waals surface area contributed by atoms with E-state index in [9.17, 15) is 0 Å². The van der Waals surface area contributed by atoms with E-state index in [1.54, 1.807) is 0 Å². The summed E-state index contributed by atoms with van der Waals surface area (Å²) in [5.74, 6) is 0. The third-order valence-electron chi connectivity index (χ3n) is 6.69. The maximum absolute atomic E-state index is 4.50. The summed E-state index contributed by atoms with van der Waals surface area (Å²) in [6.45, 7) is 4.94. The summed E-state index contributed by atoms with van der Waals surface area (Å²) in [7, 11) is 0. The van der Waals surface area contributed by atoms with E-state index in [4.69, 9.17) is 0 Å². The number of piperidine rings is 1. The van der Waals surface area contributed by atoms with Crippen molar-refractivity contribution < 1.29 is 0 Å². The molecule has 4 nitrogen and oxygen atoms in total. The number of aromatic nitrogens is 2. The smallest absolute Gasteiger partial charge is 0.0951 e. The molecule has 168 valence electrons. The van der Waals surface area contributed by atoms with Crippen molar-refractivity contribution in [1.82, 2.24) is 14.5 Å². The molecule has 0 unspecified atom stereocenters. The molecule has 1 aliphatic heterocycles. The molecule has 0 radical (unpaired) electrons. The summed E-state index contributed by atoms with van der Waals surface area (Å²) in [4.78, 5) is 9.69. The fourth-order valence-electron chi connectivity index (χ4n) is 4.87. The van der Waals surface area contributed by atoms with E-state index < -0.39 is 0 Å². The van der Waals surface area contributed by atoms with Crippen LogP contribution in [0.5, 0.6) is 0 Å². The van der Waals surface area contributed by atoms with Gasteiger partial charge in [0.1, 0.15) is 0 Å². The monoisotopic (exact) mass is 436 g/mol. The molecule has 0 aliphatic carbocycles. The number of anilines is 1. The van der Waals surface area contributed by atoms with Crippen LogP contribution < -0.4 is 4.90 Å². The Morgan fingerprint density at radius 3 is 2.00 bits per heavy atom. The summed E-state index contributed by atoms with van der Waals surface area (Å²) in [6, 6.07) is 32.9. The van der Waals surface area contributed by atoms with Gasteiger partial charge in [0.05, 0.1) is 12.0 Å². The van der Waals surface area contributed by atoms with Gasteiger partial charge in [-0.05, 0) is 36.1 Å². The highest BCUT2D eigenvalue weighted by molar-refractivity contribution is 5.46. The van der Waals surface area contributed by atoms with E-state index in [-0.39, 0.29) is 0 Å². The molecule has 0 spiro atoms. The molecule has 1 fully saturated rings. The number of imidazole rings is 1. The van der Waals surface area contributed by atoms with Crippen LogP contribution >= 0.6 is 0 Å². The van der Waals surface area contributed by atoms with E-state index in [1.807, 2.05) is 12.5 Å². The Labute approximate surface area is 197 Å². The average Bonchev–Trinajstić information content (AvgIpc) is 3.32. The highest BCUT2D eigenvalue weighted by Gasteiger charge is 2.26. The van der Waals surface area contributed by atoms with Gasteiger partial charge in [-0.15, -0.1) is 0 Å². The first-order valence-electron chi connectivity index (χ1n) is 12.0. The Hall–Kier alpha value is -3.37. The Morgan fingerprint density at radius 2 is 1.33 bits per heavy atom. The summed E-state index contributed by atoms with van der Waals surface area (Å²) in [5, 5.41) is 0. The van der Waals surface area contributed by atoms with Crippen molar-refractivity contribution in [2.45, 2.75) is 38.5 Å². The lowest BCUT2D eigenvalue weighted by Crippen LogP contribution is -2.44. The lowest BCUT2D eigenvalue weighted by atomic mass is 10.0. The summed E-state index contributed by atoms with van der Waals surface area (Å²) >= 11 is 0. The Balaban J connectivity index is 1.31. The van der Waals surface area contributed by atoms with Gasteiger partial charge in [-0.2, -0.15) is 0 Å². The van der Waals surface area contributed by atoms with Gasteiger partial charge in [0, 0.05) is 50.6 Å². The van der Waals surface area contributed by atoms with Crippen molar-refractivity contribution in [3.63, 3.8) is 0 Å². The van der Waals surface area contributed by atoms with Crippen molar-refractivity contribution in [2.24, 2.45) is 0 Å². The molecule has 3 aromatic carbocycles. The number of para-hydroxylation sites is 1. The van der Waals surface area contributed by atoms with Crippen LogP contribution in [-0.4, -0.2) is 33.6 Å². The molecule has 0 amide bonds. The molecule has 4 heteroatoms. The molecule has 0 bridgehead atoms. The number of rotatable bonds is 8. The molecule has 1 aliphatic rings. The largest absolute Gasteiger partial charge is 0.371 e. The average molecular weight is 437 g/mol. The SMILES string of the molecule is c1ccc(CN(Cc2cncn2Cc2ccccc2)C2CCN(c3ccccc3)CC2)cc1. The maximum Gasteiger partial charge on any atom is 0.0951 e. The van der Waals surface area contributed by atoms with Crippen LogP contribution in [-0.2, 0) is 19.6 Å². The predicted octanol–water partition coefficient (Wildman–Crippen LogP) is 5.60. The van der Waals surface area contributed by atoms with Crippen molar-refractivity contribution in [3.05, 3.63) is 120 Å². The second-order valence-electron chi connectivity index (χ2n) is 8.94. The highest BCUT2D eigenvalue weighted by atomic mass is 15.2. The van der Waals surface area contributed by atoms with Gasteiger partial charge in [0.25, 0.3) is 0 Å². The standard InChI is InChI=1S/C29H32N4/c1-4-10-25(11-5-1)21-32(28-16-18-31(19-17-28)27-14-8-3-9-15-27)23-29-20-30-24-33(29)22-26-12-6-2-7-13-26/h1-15,20,24,28H,16-19,21-23H2. The van der Waals surface area contributed by atoms with Gasteiger partial charge in [-0.1, -0.05) is 78.9 Å². The van der Waals surface area contributed by atoms with Crippen molar-refractivity contribution >= 4 is 5.69 Å². The lowest BCUT2D eigenvalue weighted by molar-refractivity contribution is 0.148. The first kappa shape index (κ1) is 21.5. The zero-order valence-corrected chi connectivity index (χ0v) is 19.1. The molecule has 4 aromatic rings. The molecular formula is C29H32N4. The second kappa shape index (κ2) is 10.5. The Bertz CT molecular complexity index is 1100. The molecule has 1 aromatic heterocycles. The minimum atomic E-state index is 0.560. The molecule has 0 atom stereocenters. The van der Waals surface area contributed by atoms with Crippen LogP contribution in [0, 0.1) is 0 Å². The van der Waals surface area contributed by atoms with Gasteiger partial charge in [0.2, 0.25) is 0 Å². The van der Waals surface area contributed by atoms with Gasteiger partial charge >= 0.3 is 0 Å². The summed E-state index contributed by atoms with van der Waals surface area (Å²) in [5.41, 5.74) is 5.30. The number of hydrogen-bond acceptors (Lipinski definition) is 3. The first-order valence-corrected chi connectivity index (χ1v) is 12.0. The van der Waals surface area contributed by atoms with E-state index in [1.165, 1.54) is 35.3 Å². The highest BCUT2D eigenvalue weighted by Crippen LogP contribution is 2.25. The predicted molar refractivity (Wildman–Crippen MR) is 135 cm³/mol. The quantitative estimate of drug-likeness (QED) is 0.359. The van der Waals surface area contributed by atoms with Gasteiger partial charge < -0.3 is 9.47 Å². The third-order valence-corrected chi connectivity index (χ3v) is 6.69. The first-order chi connectivity index (χ1) is 16.3. The van der Waals surface area contributed by atoms with E-state index in [0.29, 0.717) is 6.04 Å².